The summed E-state index contributed by atoms with van der Waals surface area (Å²) in [4.78, 5) is 0. The number of thiophene rings is 1. The molecule has 0 amide bonds. The first-order valence-corrected chi connectivity index (χ1v) is 10.3. The van der Waals surface area contributed by atoms with Gasteiger partial charge in [0.15, 0.2) is 0 Å². The van der Waals surface area contributed by atoms with Gasteiger partial charge in [-0.2, -0.15) is 28.4 Å². The van der Waals surface area contributed by atoms with Crippen molar-refractivity contribution in [1.29, 1.82) is 0 Å². The molecule has 130 valence electrons. The minimum absolute atomic E-state index is 0.00159. The smallest absolute Gasteiger partial charge is 0.282 e. The zero-order valence-corrected chi connectivity index (χ0v) is 15.1. The lowest BCUT2D eigenvalue weighted by molar-refractivity contribution is -0.0189. The minimum atomic E-state index is -3.53. The van der Waals surface area contributed by atoms with Crippen LogP contribution in [0.4, 0.5) is 0 Å². The van der Waals surface area contributed by atoms with E-state index in [1.807, 2.05) is 30.7 Å². The van der Waals surface area contributed by atoms with Crippen LogP contribution in [0.25, 0.3) is 0 Å². The Labute approximate surface area is 141 Å². The van der Waals surface area contributed by atoms with Gasteiger partial charge in [-0.1, -0.05) is 0 Å². The first kappa shape index (κ1) is 17.3. The molecule has 0 aromatic carbocycles. The molecule has 0 bridgehead atoms. The van der Waals surface area contributed by atoms with Gasteiger partial charge in [-0.25, -0.2) is 0 Å². The van der Waals surface area contributed by atoms with Crippen molar-refractivity contribution < 1.29 is 18.3 Å². The highest BCUT2D eigenvalue weighted by Crippen LogP contribution is 2.36. The molecule has 23 heavy (non-hydrogen) atoms. The fourth-order valence-electron chi connectivity index (χ4n) is 3.41. The Bertz CT molecular complexity index is 619. The van der Waals surface area contributed by atoms with Gasteiger partial charge in [0.1, 0.15) is 0 Å². The maximum atomic E-state index is 13.0. The highest BCUT2D eigenvalue weighted by molar-refractivity contribution is 7.86. The van der Waals surface area contributed by atoms with Gasteiger partial charge < -0.3 is 9.84 Å². The number of aliphatic hydroxyl groups is 1. The van der Waals surface area contributed by atoms with Gasteiger partial charge in [0.05, 0.1) is 12.7 Å². The first-order valence-electron chi connectivity index (χ1n) is 7.95. The number of hydrogen-bond acceptors (Lipinski definition) is 5. The second-order valence-electron chi connectivity index (χ2n) is 6.49. The number of aliphatic hydroxyl groups excluding tert-OH is 1. The summed E-state index contributed by atoms with van der Waals surface area (Å²) < 4.78 is 34.7. The van der Waals surface area contributed by atoms with E-state index in [1.54, 1.807) is 15.6 Å². The Morgan fingerprint density at radius 3 is 2.78 bits per heavy atom. The molecule has 2 aliphatic heterocycles. The number of ether oxygens (including phenoxy) is 1. The molecule has 0 aliphatic carbocycles. The molecule has 8 heteroatoms. The highest BCUT2D eigenvalue weighted by atomic mass is 32.2. The Hall–Kier alpha value is -0.510. The molecule has 3 heterocycles. The Balaban J connectivity index is 1.81. The molecular weight excluding hydrogens is 336 g/mol. The monoisotopic (exact) mass is 360 g/mol. The first-order chi connectivity index (χ1) is 10.9. The molecular formula is C15H24N2O4S2. The van der Waals surface area contributed by atoms with E-state index in [4.69, 9.17) is 4.74 Å². The van der Waals surface area contributed by atoms with E-state index in [9.17, 15) is 13.5 Å². The topological polar surface area (TPSA) is 70.1 Å². The van der Waals surface area contributed by atoms with Crippen molar-refractivity contribution in [1.82, 2.24) is 8.61 Å². The molecule has 0 saturated carbocycles. The number of rotatable bonds is 4. The fourth-order valence-corrected chi connectivity index (χ4v) is 6.08. The van der Waals surface area contributed by atoms with E-state index >= 15 is 0 Å². The summed E-state index contributed by atoms with van der Waals surface area (Å²) in [6, 6.07) is 1.86. The van der Waals surface area contributed by atoms with Crippen molar-refractivity contribution in [3.63, 3.8) is 0 Å². The van der Waals surface area contributed by atoms with Crippen molar-refractivity contribution in [3.8, 4) is 0 Å². The summed E-state index contributed by atoms with van der Waals surface area (Å²) in [7, 11) is -3.53. The Kier molecular flexibility index (Phi) is 5.10. The van der Waals surface area contributed by atoms with Crippen molar-refractivity contribution >= 4 is 21.5 Å². The van der Waals surface area contributed by atoms with E-state index in [-0.39, 0.29) is 30.6 Å². The van der Waals surface area contributed by atoms with Crippen molar-refractivity contribution in [3.05, 3.63) is 22.4 Å². The minimum Gasteiger partial charge on any atom is -0.396 e. The summed E-state index contributed by atoms with van der Waals surface area (Å²) in [5.74, 6) is 0.0166. The number of hydrogen-bond donors (Lipinski definition) is 1. The third-order valence-electron chi connectivity index (χ3n) is 4.79. The standard InChI is InChI=1S/C15H24N2O4S2/c1-11-9-21-12(2)5-17(11)23(19,20)16-6-14(8-18)15(7-16)13-3-4-22-10-13/h3-4,10-12,14-15,18H,5-9H2,1-2H3/t11-,12+,14+,15+/m0/s1. The average Bonchev–Trinajstić information content (AvgIpc) is 3.17. The lowest BCUT2D eigenvalue weighted by Crippen LogP contribution is -2.54. The van der Waals surface area contributed by atoms with E-state index < -0.39 is 10.2 Å². The van der Waals surface area contributed by atoms with Crippen LogP contribution in [0.2, 0.25) is 0 Å². The normalized spacial score (nSPS) is 34.0. The molecule has 0 radical (unpaired) electrons. The van der Waals surface area contributed by atoms with Gasteiger partial charge in [0.25, 0.3) is 10.2 Å². The quantitative estimate of drug-likeness (QED) is 0.873. The maximum Gasteiger partial charge on any atom is 0.282 e. The summed E-state index contributed by atoms with van der Waals surface area (Å²) in [5.41, 5.74) is 1.12. The lowest BCUT2D eigenvalue weighted by Gasteiger charge is -2.37. The third-order valence-corrected chi connectivity index (χ3v) is 7.54. The van der Waals surface area contributed by atoms with Crippen LogP contribution in [0.3, 0.4) is 0 Å². The van der Waals surface area contributed by atoms with Crippen LogP contribution >= 0.6 is 11.3 Å². The van der Waals surface area contributed by atoms with E-state index in [2.05, 4.69) is 0 Å². The highest BCUT2D eigenvalue weighted by Gasteiger charge is 2.44. The van der Waals surface area contributed by atoms with Crippen LogP contribution in [0, 0.1) is 5.92 Å². The van der Waals surface area contributed by atoms with Crippen LogP contribution < -0.4 is 0 Å². The lowest BCUT2D eigenvalue weighted by atomic mass is 9.92. The number of nitrogens with zero attached hydrogens (tertiary/aromatic N) is 2. The zero-order valence-electron chi connectivity index (χ0n) is 13.5. The van der Waals surface area contributed by atoms with Crippen LogP contribution in [0.15, 0.2) is 16.8 Å². The molecule has 1 N–H and O–H groups in total. The molecule has 0 unspecified atom stereocenters. The Morgan fingerprint density at radius 1 is 1.35 bits per heavy atom. The molecule has 2 fully saturated rings. The molecule has 3 rings (SSSR count). The summed E-state index contributed by atoms with van der Waals surface area (Å²) >= 11 is 1.60. The maximum absolute atomic E-state index is 13.0. The van der Waals surface area contributed by atoms with E-state index in [0.717, 1.165) is 5.56 Å². The molecule has 2 saturated heterocycles. The molecule has 6 nitrogen and oxygen atoms in total. The Morgan fingerprint density at radius 2 is 2.13 bits per heavy atom. The van der Waals surface area contributed by atoms with Crippen LogP contribution in [0.5, 0.6) is 0 Å². The van der Waals surface area contributed by atoms with Crippen LogP contribution in [0.1, 0.15) is 25.3 Å². The van der Waals surface area contributed by atoms with E-state index in [0.29, 0.717) is 26.2 Å². The predicted octanol–water partition coefficient (Wildman–Crippen LogP) is 1.11. The van der Waals surface area contributed by atoms with Gasteiger partial charge in [-0.15, -0.1) is 0 Å². The molecule has 1 aromatic rings. The van der Waals surface area contributed by atoms with Crippen LogP contribution in [-0.2, 0) is 14.9 Å². The molecule has 4 atom stereocenters. The van der Waals surface area contributed by atoms with Gasteiger partial charge in [0, 0.05) is 44.1 Å². The number of morpholine rings is 1. The van der Waals surface area contributed by atoms with Crippen LogP contribution in [-0.4, -0.2) is 67.1 Å². The van der Waals surface area contributed by atoms with Gasteiger partial charge in [-0.3, -0.25) is 0 Å². The summed E-state index contributed by atoms with van der Waals surface area (Å²) in [6.07, 6.45) is -0.0927. The molecule has 1 aromatic heterocycles. The molecule has 0 spiro atoms. The van der Waals surface area contributed by atoms with Crippen molar-refractivity contribution in [2.45, 2.75) is 31.9 Å². The second kappa shape index (κ2) is 6.78. The van der Waals surface area contributed by atoms with E-state index in [1.165, 1.54) is 4.31 Å². The van der Waals surface area contributed by atoms with Gasteiger partial charge in [-0.05, 0) is 36.2 Å². The fraction of sp³-hybridized carbons (Fsp3) is 0.733. The SMILES string of the molecule is C[C@@H]1CN(S(=O)(=O)N2C[C@H](CO)[C@@H](c3ccsc3)C2)[C@@H](C)CO1. The largest absolute Gasteiger partial charge is 0.396 e. The third kappa shape index (κ3) is 3.33. The van der Waals surface area contributed by atoms with Gasteiger partial charge in [0.2, 0.25) is 0 Å². The predicted molar refractivity (Wildman–Crippen MR) is 89.7 cm³/mol. The zero-order chi connectivity index (χ0) is 16.6. The summed E-state index contributed by atoms with van der Waals surface area (Å²) in [6.45, 7) is 5.38. The van der Waals surface area contributed by atoms with Crippen molar-refractivity contribution in [2.75, 3.05) is 32.8 Å². The molecule has 2 aliphatic rings. The van der Waals surface area contributed by atoms with Crippen molar-refractivity contribution in [2.24, 2.45) is 5.92 Å². The average molecular weight is 361 g/mol. The van der Waals surface area contributed by atoms with Gasteiger partial charge >= 0.3 is 0 Å². The second-order valence-corrected chi connectivity index (χ2v) is 9.15. The summed E-state index contributed by atoms with van der Waals surface area (Å²) in [5, 5.41) is 13.7.